The molecule has 0 aliphatic carbocycles. The van der Waals surface area contributed by atoms with Crippen molar-refractivity contribution < 1.29 is 4.39 Å². The number of aromatic nitrogens is 2. The van der Waals surface area contributed by atoms with Gasteiger partial charge < -0.3 is 15.2 Å². The Hall–Kier alpha value is -2.25. The van der Waals surface area contributed by atoms with Gasteiger partial charge in [-0.1, -0.05) is 28.1 Å². The van der Waals surface area contributed by atoms with Crippen LogP contribution in [0.15, 0.2) is 59.3 Å². The number of imidazole rings is 1. The van der Waals surface area contributed by atoms with Crippen molar-refractivity contribution in [2.24, 2.45) is 0 Å². The lowest BCUT2D eigenvalue weighted by Gasteiger charge is -2.12. The van der Waals surface area contributed by atoms with Gasteiger partial charge in [-0.05, 0) is 55.0 Å². The molecule has 1 aromatic heterocycles. The minimum absolute atomic E-state index is 0.339. The standard InChI is InChI=1S/C18H16BrFN4S/c1-12-21-8-9-24(12)15-5-2-13(3-6-15)11-22-18(25)23-17-7-4-14(19)10-16(17)20/h2-10H,11H2,1H3,(H2,22,23,25). The van der Waals surface area contributed by atoms with Gasteiger partial charge in [-0.2, -0.15) is 0 Å². The van der Waals surface area contributed by atoms with Crippen molar-refractivity contribution in [1.82, 2.24) is 14.9 Å². The third-order valence-electron chi connectivity index (χ3n) is 3.67. The quantitative estimate of drug-likeness (QED) is 0.608. The van der Waals surface area contributed by atoms with E-state index in [0.717, 1.165) is 17.1 Å². The van der Waals surface area contributed by atoms with Gasteiger partial charge in [-0.3, -0.25) is 0 Å². The number of benzene rings is 2. The number of hydrogen-bond donors (Lipinski definition) is 2. The fourth-order valence-corrected chi connectivity index (χ4v) is 2.88. The zero-order chi connectivity index (χ0) is 17.8. The molecule has 1 heterocycles. The van der Waals surface area contributed by atoms with E-state index < -0.39 is 0 Å². The first-order chi connectivity index (χ1) is 12.0. The second-order valence-corrected chi connectivity index (χ2v) is 6.77. The van der Waals surface area contributed by atoms with Gasteiger partial charge >= 0.3 is 0 Å². The van der Waals surface area contributed by atoms with Gasteiger partial charge in [0.2, 0.25) is 0 Å². The first-order valence-corrected chi connectivity index (χ1v) is 8.82. The van der Waals surface area contributed by atoms with E-state index >= 15 is 0 Å². The Morgan fingerprint density at radius 3 is 2.64 bits per heavy atom. The van der Waals surface area contributed by atoms with Crippen molar-refractivity contribution in [2.75, 3.05) is 5.32 Å². The lowest BCUT2D eigenvalue weighted by atomic mass is 10.2. The van der Waals surface area contributed by atoms with Gasteiger partial charge in [0.1, 0.15) is 11.6 Å². The van der Waals surface area contributed by atoms with Crippen molar-refractivity contribution >= 4 is 38.9 Å². The van der Waals surface area contributed by atoms with Crippen molar-refractivity contribution in [2.45, 2.75) is 13.5 Å². The van der Waals surface area contributed by atoms with Crippen LogP contribution in [0.1, 0.15) is 11.4 Å². The number of aryl methyl sites for hydroxylation is 1. The first-order valence-electron chi connectivity index (χ1n) is 7.62. The van der Waals surface area contributed by atoms with Crippen LogP contribution in [0.25, 0.3) is 5.69 Å². The molecule has 0 bridgehead atoms. The summed E-state index contributed by atoms with van der Waals surface area (Å²) in [5.41, 5.74) is 2.46. The van der Waals surface area contributed by atoms with Gasteiger partial charge in [0, 0.05) is 29.1 Å². The Bertz CT molecular complexity index is 892. The molecule has 0 radical (unpaired) electrons. The maximum atomic E-state index is 13.8. The van der Waals surface area contributed by atoms with Crippen LogP contribution in [0.5, 0.6) is 0 Å². The molecule has 3 aromatic rings. The Kier molecular flexibility index (Phi) is 5.45. The van der Waals surface area contributed by atoms with Crippen molar-refractivity contribution in [3.63, 3.8) is 0 Å². The van der Waals surface area contributed by atoms with Crippen molar-refractivity contribution in [3.05, 3.63) is 76.5 Å². The zero-order valence-electron chi connectivity index (χ0n) is 13.5. The summed E-state index contributed by atoms with van der Waals surface area (Å²) in [6.45, 7) is 2.51. The molecular weight excluding hydrogens is 403 g/mol. The lowest BCUT2D eigenvalue weighted by Crippen LogP contribution is -2.28. The first kappa shape index (κ1) is 17.6. The third kappa shape index (κ3) is 4.43. The Balaban J connectivity index is 1.58. The van der Waals surface area contributed by atoms with Gasteiger partial charge in [-0.25, -0.2) is 9.37 Å². The number of hydrogen-bond acceptors (Lipinski definition) is 2. The minimum atomic E-state index is -0.362. The molecule has 4 nitrogen and oxygen atoms in total. The highest BCUT2D eigenvalue weighted by Crippen LogP contribution is 2.19. The van der Waals surface area contributed by atoms with Crippen LogP contribution in [0, 0.1) is 12.7 Å². The topological polar surface area (TPSA) is 41.9 Å². The van der Waals surface area contributed by atoms with E-state index in [1.54, 1.807) is 18.3 Å². The lowest BCUT2D eigenvalue weighted by molar-refractivity contribution is 0.631. The molecule has 0 unspecified atom stereocenters. The molecule has 128 valence electrons. The summed E-state index contributed by atoms with van der Waals surface area (Å²) in [7, 11) is 0. The SMILES string of the molecule is Cc1nccn1-c1ccc(CNC(=S)Nc2ccc(Br)cc2F)cc1. The molecule has 25 heavy (non-hydrogen) atoms. The smallest absolute Gasteiger partial charge is 0.171 e. The fraction of sp³-hybridized carbons (Fsp3) is 0.111. The molecule has 3 rings (SSSR count). The Labute approximate surface area is 159 Å². The highest BCUT2D eigenvalue weighted by Gasteiger charge is 2.05. The Morgan fingerprint density at radius 1 is 1.24 bits per heavy atom. The van der Waals surface area contributed by atoms with Crippen molar-refractivity contribution in [1.29, 1.82) is 0 Å². The normalized spacial score (nSPS) is 10.5. The summed E-state index contributed by atoms with van der Waals surface area (Å²) in [4.78, 5) is 4.22. The molecule has 2 N–H and O–H groups in total. The van der Waals surface area contributed by atoms with E-state index in [1.807, 2.05) is 42.0 Å². The third-order valence-corrected chi connectivity index (χ3v) is 4.41. The molecule has 0 saturated carbocycles. The van der Waals surface area contributed by atoms with Crippen LogP contribution in [0.4, 0.5) is 10.1 Å². The van der Waals surface area contributed by atoms with Crippen LogP contribution in [-0.2, 0) is 6.54 Å². The number of anilines is 1. The van der Waals surface area contributed by atoms with Crippen LogP contribution < -0.4 is 10.6 Å². The number of thiocarbonyl (C=S) groups is 1. The van der Waals surface area contributed by atoms with Gasteiger partial charge in [0.25, 0.3) is 0 Å². The predicted octanol–water partition coefficient (Wildman–Crippen LogP) is 4.57. The highest BCUT2D eigenvalue weighted by atomic mass is 79.9. The maximum Gasteiger partial charge on any atom is 0.171 e. The van der Waals surface area contributed by atoms with E-state index in [-0.39, 0.29) is 5.82 Å². The maximum absolute atomic E-state index is 13.8. The second-order valence-electron chi connectivity index (χ2n) is 5.44. The van der Waals surface area contributed by atoms with Crippen LogP contribution in [0.3, 0.4) is 0 Å². The van der Waals surface area contributed by atoms with Crippen molar-refractivity contribution in [3.8, 4) is 5.69 Å². The second kappa shape index (κ2) is 7.76. The monoisotopic (exact) mass is 418 g/mol. The number of nitrogens with one attached hydrogen (secondary N) is 2. The summed E-state index contributed by atoms with van der Waals surface area (Å²) in [6.07, 6.45) is 3.70. The van der Waals surface area contributed by atoms with Crippen LogP contribution in [0.2, 0.25) is 0 Å². The molecular formula is C18H16BrFN4S. The van der Waals surface area contributed by atoms with Gasteiger partial charge in [0.15, 0.2) is 5.11 Å². The van der Waals surface area contributed by atoms with E-state index in [2.05, 4.69) is 31.5 Å². The van der Waals surface area contributed by atoms with Crippen LogP contribution >= 0.6 is 28.1 Å². The molecule has 0 saturated heterocycles. The average Bonchev–Trinajstić information content (AvgIpc) is 3.02. The van der Waals surface area contributed by atoms with Crippen LogP contribution in [-0.4, -0.2) is 14.7 Å². The molecule has 7 heteroatoms. The fourth-order valence-electron chi connectivity index (χ4n) is 2.36. The van der Waals surface area contributed by atoms with E-state index in [0.29, 0.717) is 21.8 Å². The molecule has 0 fully saturated rings. The predicted molar refractivity (Wildman–Crippen MR) is 105 cm³/mol. The largest absolute Gasteiger partial charge is 0.358 e. The van der Waals surface area contributed by atoms with E-state index in [9.17, 15) is 4.39 Å². The molecule has 0 amide bonds. The number of halogens is 2. The average molecular weight is 419 g/mol. The summed E-state index contributed by atoms with van der Waals surface area (Å²) >= 11 is 8.45. The van der Waals surface area contributed by atoms with Gasteiger partial charge in [0.05, 0.1) is 5.69 Å². The molecule has 0 aliphatic heterocycles. The molecule has 0 atom stereocenters. The summed E-state index contributed by atoms with van der Waals surface area (Å²) in [5.74, 6) is 0.575. The number of nitrogens with zero attached hydrogens (tertiary/aromatic N) is 2. The van der Waals surface area contributed by atoms with E-state index in [1.165, 1.54) is 6.07 Å². The summed E-state index contributed by atoms with van der Waals surface area (Å²) in [5, 5.41) is 6.31. The number of rotatable bonds is 4. The molecule has 2 aromatic carbocycles. The zero-order valence-corrected chi connectivity index (χ0v) is 15.9. The minimum Gasteiger partial charge on any atom is -0.358 e. The Morgan fingerprint density at radius 2 is 2.00 bits per heavy atom. The van der Waals surface area contributed by atoms with E-state index in [4.69, 9.17) is 12.2 Å². The van der Waals surface area contributed by atoms with Gasteiger partial charge in [-0.15, -0.1) is 0 Å². The molecule has 0 aliphatic rings. The summed E-state index contributed by atoms with van der Waals surface area (Å²) < 4.78 is 16.5. The highest BCUT2D eigenvalue weighted by molar-refractivity contribution is 9.10. The molecule has 0 spiro atoms. The summed E-state index contributed by atoms with van der Waals surface area (Å²) in [6, 6.07) is 12.9.